The summed E-state index contributed by atoms with van der Waals surface area (Å²) in [6.45, 7) is 0.537. The average Bonchev–Trinajstić information content (AvgIpc) is 2.78. The van der Waals surface area contributed by atoms with Gasteiger partial charge < -0.3 is 5.73 Å². The molecule has 2 N–H and O–H groups in total. The maximum atomic E-state index is 13.1. The standard InChI is InChI=1S/C11H11F2N3S/c12-9-2-1-8(7-10(9)13)16-5-4-15-11(16)17-6-3-14/h1-2,4-5,7H,3,6,14H2. The molecule has 3 nitrogen and oxygen atoms in total. The normalized spacial score (nSPS) is 10.8. The Balaban J connectivity index is 2.32. The van der Waals surface area contributed by atoms with E-state index in [1.165, 1.54) is 17.8 Å². The first-order valence-corrected chi connectivity index (χ1v) is 6.02. The van der Waals surface area contributed by atoms with Gasteiger partial charge in [0.15, 0.2) is 16.8 Å². The second-order valence-electron chi connectivity index (χ2n) is 3.32. The van der Waals surface area contributed by atoms with Crippen LogP contribution in [0.5, 0.6) is 0 Å². The highest BCUT2D eigenvalue weighted by Gasteiger charge is 2.08. The number of benzene rings is 1. The van der Waals surface area contributed by atoms with Gasteiger partial charge in [-0.2, -0.15) is 0 Å². The van der Waals surface area contributed by atoms with Crippen LogP contribution in [-0.4, -0.2) is 21.8 Å². The molecule has 0 radical (unpaired) electrons. The lowest BCUT2D eigenvalue weighted by atomic mass is 10.3. The molecule has 2 aromatic rings. The molecule has 2 rings (SSSR count). The van der Waals surface area contributed by atoms with Crippen LogP contribution in [0.15, 0.2) is 35.7 Å². The van der Waals surface area contributed by atoms with E-state index in [9.17, 15) is 8.78 Å². The molecule has 0 spiro atoms. The second kappa shape index (κ2) is 5.29. The first-order chi connectivity index (χ1) is 8.22. The molecule has 0 bridgehead atoms. The molecule has 90 valence electrons. The van der Waals surface area contributed by atoms with Crippen molar-refractivity contribution in [3.63, 3.8) is 0 Å². The van der Waals surface area contributed by atoms with Gasteiger partial charge in [0.1, 0.15) is 0 Å². The van der Waals surface area contributed by atoms with Crippen molar-refractivity contribution in [2.24, 2.45) is 5.73 Å². The molecule has 0 atom stereocenters. The summed E-state index contributed by atoms with van der Waals surface area (Å²) in [5, 5.41) is 0.710. The van der Waals surface area contributed by atoms with Crippen LogP contribution in [0.2, 0.25) is 0 Å². The molecular weight excluding hydrogens is 244 g/mol. The van der Waals surface area contributed by atoms with Crippen LogP contribution in [0.4, 0.5) is 8.78 Å². The van der Waals surface area contributed by atoms with Crippen molar-refractivity contribution in [2.75, 3.05) is 12.3 Å². The Kier molecular flexibility index (Phi) is 3.75. The van der Waals surface area contributed by atoms with Crippen molar-refractivity contribution >= 4 is 11.8 Å². The number of hydrogen-bond donors (Lipinski definition) is 1. The van der Waals surface area contributed by atoms with E-state index in [0.29, 0.717) is 17.4 Å². The van der Waals surface area contributed by atoms with Gasteiger partial charge in [0.25, 0.3) is 0 Å². The van der Waals surface area contributed by atoms with Crippen molar-refractivity contribution in [2.45, 2.75) is 5.16 Å². The fourth-order valence-electron chi connectivity index (χ4n) is 1.38. The van der Waals surface area contributed by atoms with Crippen molar-refractivity contribution in [1.29, 1.82) is 0 Å². The Labute approximate surface area is 102 Å². The molecule has 0 amide bonds. The number of thioether (sulfide) groups is 1. The third-order valence-electron chi connectivity index (χ3n) is 2.14. The second-order valence-corrected chi connectivity index (χ2v) is 4.38. The zero-order valence-corrected chi connectivity index (χ0v) is 9.75. The van der Waals surface area contributed by atoms with Gasteiger partial charge in [-0.3, -0.25) is 4.57 Å². The van der Waals surface area contributed by atoms with E-state index in [0.717, 1.165) is 17.9 Å². The lowest BCUT2D eigenvalue weighted by molar-refractivity contribution is 0.507. The highest BCUT2D eigenvalue weighted by molar-refractivity contribution is 7.99. The van der Waals surface area contributed by atoms with Crippen molar-refractivity contribution in [1.82, 2.24) is 9.55 Å². The molecule has 17 heavy (non-hydrogen) atoms. The molecule has 0 saturated heterocycles. The van der Waals surface area contributed by atoms with Crippen molar-refractivity contribution < 1.29 is 8.78 Å². The van der Waals surface area contributed by atoms with Gasteiger partial charge in [-0.25, -0.2) is 13.8 Å². The minimum atomic E-state index is -0.869. The van der Waals surface area contributed by atoms with Crippen molar-refractivity contribution in [3.8, 4) is 5.69 Å². The largest absolute Gasteiger partial charge is 0.330 e. The molecule has 0 aliphatic rings. The summed E-state index contributed by atoms with van der Waals surface area (Å²) in [6.07, 6.45) is 3.31. The summed E-state index contributed by atoms with van der Waals surface area (Å²) in [4.78, 5) is 4.14. The third kappa shape index (κ3) is 2.65. The third-order valence-corrected chi connectivity index (χ3v) is 3.14. The number of rotatable bonds is 4. The highest BCUT2D eigenvalue weighted by atomic mass is 32.2. The summed E-state index contributed by atoms with van der Waals surface area (Å²) >= 11 is 1.47. The smallest absolute Gasteiger partial charge is 0.172 e. The maximum Gasteiger partial charge on any atom is 0.172 e. The van der Waals surface area contributed by atoms with Gasteiger partial charge in [0.2, 0.25) is 0 Å². The molecule has 6 heteroatoms. The summed E-state index contributed by atoms with van der Waals surface area (Å²) in [7, 11) is 0. The van der Waals surface area contributed by atoms with Crippen LogP contribution in [0.3, 0.4) is 0 Å². The van der Waals surface area contributed by atoms with E-state index in [1.54, 1.807) is 17.0 Å². The van der Waals surface area contributed by atoms with E-state index in [1.807, 2.05) is 0 Å². The number of hydrogen-bond acceptors (Lipinski definition) is 3. The Morgan fingerprint density at radius 2 is 2.12 bits per heavy atom. The van der Waals surface area contributed by atoms with Crippen LogP contribution in [0.1, 0.15) is 0 Å². The van der Waals surface area contributed by atoms with E-state index >= 15 is 0 Å². The molecule has 0 aliphatic heterocycles. The zero-order chi connectivity index (χ0) is 12.3. The highest BCUT2D eigenvalue weighted by Crippen LogP contribution is 2.21. The predicted molar refractivity (Wildman–Crippen MR) is 63.3 cm³/mol. The molecule has 0 saturated carbocycles. The van der Waals surface area contributed by atoms with Gasteiger partial charge in [-0.15, -0.1) is 0 Å². The first-order valence-electron chi connectivity index (χ1n) is 5.04. The maximum absolute atomic E-state index is 13.1. The monoisotopic (exact) mass is 255 g/mol. The molecular formula is C11H11F2N3S. The van der Waals surface area contributed by atoms with E-state index in [2.05, 4.69) is 4.98 Å². The van der Waals surface area contributed by atoms with Crippen LogP contribution in [0.25, 0.3) is 5.69 Å². The minimum Gasteiger partial charge on any atom is -0.330 e. The Bertz CT molecular complexity index is 513. The van der Waals surface area contributed by atoms with Gasteiger partial charge in [0, 0.05) is 30.8 Å². The van der Waals surface area contributed by atoms with Gasteiger partial charge in [-0.1, -0.05) is 11.8 Å². The summed E-state index contributed by atoms with van der Waals surface area (Å²) < 4.78 is 27.6. The number of halogens is 2. The van der Waals surface area contributed by atoms with Crippen LogP contribution in [0, 0.1) is 11.6 Å². The van der Waals surface area contributed by atoms with Crippen LogP contribution >= 0.6 is 11.8 Å². The first kappa shape index (κ1) is 12.1. The lowest BCUT2D eigenvalue weighted by Gasteiger charge is -2.07. The predicted octanol–water partition coefficient (Wildman–Crippen LogP) is 2.20. The van der Waals surface area contributed by atoms with Crippen LogP contribution < -0.4 is 5.73 Å². The molecule has 1 aromatic carbocycles. The molecule has 0 fully saturated rings. The number of imidazole rings is 1. The molecule has 1 aromatic heterocycles. The Morgan fingerprint density at radius 3 is 2.82 bits per heavy atom. The quantitative estimate of drug-likeness (QED) is 0.852. The van der Waals surface area contributed by atoms with Gasteiger partial charge >= 0.3 is 0 Å². The summed E-state index contributed by atoms with van der Waals surface area (Å²) in [6, 6.07) is 3.75. The van der Waals surface area contributed by atoms with Crippen molar-refractivity contribution in [3.05, 3.63) is 42.2 Å². The zero-order valence-electron chi connectivity index (χ0n) is 8.94. The van der Waals surface area contributed by atoms with E-state index in [4.69, 9.17) is 5.73 Å². The fraction of sp³-hybridized carbons (Fsp3) is 0.182. The van der Waals surface area contributed by atoms with E-state index < -0.39 is 11.6 Å². The topological polar surface area (TPSA) is 43.8 Å². The average molecular weight is 255 g/mol. The number of nitrogens with zero attached hydrogens (tertiary/aromatic N) is 2. The van der Waals surface area contributed by atoms with Gasteiger partial charge in [-0.05, 0) is 12.1 Å². The number of aromatic nitrogens is 2. The lowest BCUT2D eigenvalue weighted by Crippen LogP contribution is -2.03. The summed E-state index contributed by atoms with van der Waals surface area (Å²) in [5.74, 6) is -1.00. The Hall–Kier alpha value is -1.40. The van der Waals surface area contributed by atoms with Crippen LogP contribution in [-0.2, 0) is 0 Å². The minimum absolute atomic E-state index is 0.537. The van der Waals surface area contributed by atoms with Gasteiger partial charge in [0.05, 0.1) is 5.69 Å². The molecule has 0 unspecified atom stereocenters. The molecule has 0 aliphatic carbocycles. The number of nitrogens with two attached hydrogens (primary N) is 1. The fourth-order valence-corrected chi connectivity index (χ4v) is 2.12. The summed E-state index contributed by atoms with van der Waals surface area (Å²) in [5.41, 5.74) is 5.95. The van der Waals surface area contributed by atoms with E-state index in [-0.39, 0.29) is 0 Å². The molecule has 1 heterocycles. The Morgan fingerprint density at radius 1 is 1.29 bits per heavy atom. The SMILES string of the molecule is NCCSc1nccn1-c1ccc(F)c(F)c1.